The standard InChI is InChI=1S/C11H15N5S/c12-9-4-3-7-16(8-9)11-14-13-10(17-11)15-5-1-2-6-15/h1-2,5-6,9H,3-4,7-8,12H2/t9-/m0/s1. The van der Waals surface area contributed by atoms with E-state index in [9.17, 15) is 0 Å². The second kappa shape index (κ2) is 4.46. The Hall–Kier alpha value is -1.40. The zero-order valence-corrected chi connectivity index (χ0v) is 10.3. The molecule has 0 aliphatic carbocycles. The van der Waals surface area contributed by atoms with Crippen LogP contribution in [0.3, 0.4) is 0 Å². The molecule has 0 radical (unpaired) electrons. The van der Waals surface area contributed by atoms with Gasteiger partial charge in [0.25, 0.3) is 0 Å². The number of nitrogens with two attached hydrogens (primary N) is 1. The molecule has 0 unspecified atom stereocenters. The quantitative estimate of drug-likeness (QED) is 0.870. The molecule has 0 bridgehead atoms. The second-order valence-electron chi connectivity index (χ2n) is 4.31. The number of rotatable bonds is 2. The minimum atomic E-state index is 0.266. The van der Waals surface area contributed by atoms with Gasteiger partial charge in [-0.3, -0.25) is 4.57 Å². The molecule has 2 aromatic heterocycles. The number of nitrogens with zero attached hydrogens (tertiary/aromatic N) is 4. The maximum atomic E-state index is 5.97. The van der Waals surface area contributed by atoms with Gasteiger partial charge in [-0.25, -0.2) is 0 Å². The van der Waals surface area contributed by atoms with Gasteiger partial charge in [0.2, 0.25) is 10.3 Å². The predicted octanol–water partition coefficient (Wildman–Crippen LogP) is 1.26. The van der Waals surface area contributed by atoms with Crippen molar-refractivity contribution in [1.82, 2.24) is 14.8 Å². The molecule has 0 spiro atoms. The molecule has 1 atom stereocenters. The summed E-state index contributed by atoms with van der Waals surface area (Å²) in [7, 11) is 0. The predicted molar refractivity (Wildman–Crippen MR) is 68.7 cm³/mol. The Morgan fingerprint density at radius 1 is 1.24 bits per heavy atom. The summed E-state index contributed by atoms with van der Waals surface area (Å²) in [5.74, 6) is 0. The van der Waals surface area contributed by atoms with Crippen molar-refractivity contribution in [3.63, 3.8) is 0 Å². The second-order valence-corrected chi connectivity index (χ2v) is 5.24. The lowest BCUT2D eigenvalue weighted by atomic mass is 10.1. The average Bonchev–Trinajstić information content (AvgIpc) is 3.00. The van der Waals surface area contributed by atoms with E-state index < -0.39 is 0 Å². The highest BCUT2D eigenvalue weighted by atomic mass is 32.1. The van der Waals surface area contributed by atoms with E-state index in [1.54, 1.807) is 11.3 Å². The molecular weight excluding hydrogens is 234 g/mol. The van der Waals surface area contributed by atoms with Crippen LogP contribution >= 0.6 is 11.3 Å². The van der Waals surface area contributed by atoms with Crippen LogP contribution in [0.5, 0.6) is 0 Å². The van der Waals surface area contributed by atoms with Crippen molar-refractivity contribution in [3.8, 4) is 5.13 Å². The third-order valence-electron chi connectivity index (χ3n) is 2.96. The van der Waals surface area contributed by atoms with Crippen molar-refractivity contribution in [1.29, 1.82) is 0 Å². The molecule has 1 aliphatic heterocycles. The highest BCUT2D eigenvalue weighted by Gasteiger charge is 2.20. The number of anilines is 1. The molecule has 0 amide bonds. The number of hydrogen-bond acceptors (Lipinski definition) is 5. The molecule has 1 aliphatic rings. The summed E-state index contributed by atoms with van der Waals surface area (Å²) in [5.41, 5.74) is 5.97. The average molecular weight is 249 g/mol. The van der Waals surface area contributed by atoms with E-state index >= 15 is 0 Å². The van der Waals surface area contributed by atoms with Crippen LogP contribution in [0.4, 0.5) is 5.13 Å². The first kappa shape index (κ1) is 10.7. The third-order valence-corrected chi connectivity index (χ3v) is 3.95. The van der Waals surface area contributed by atoms with Gasteiger partial charge in [0, 0.05) is 31.5 Å². The molecule has 3 heterocycles. The molecular formula is C11H15N5S. The van der Waals surface area contributed by atoms with Crippen LogP contribution in [0.15, 0.2) is 24.5 Å². The van der Waals surface area contributed by atoms with E-state index in [1.165, 1.54) is 0 Å². The number of hydrogen-bond donors (Lipinski definition) is 1. The smallest absolute Gasteiger partial charge is 0.218 e. The van der Waals surface area contributed by atoms with Gasteiger partial charge in [-0.05, 0) is 25.0 Å². The lowest BCUT2D eigenvalue weighted by Gasteiger charge is -2.29. The minimum Gasteiger partial charge on any atom is -0.345 e. The SMILES string of the molecule is N[C@H]1CCCN(c2nnc(-n3cccc3)s2)C1. The van der Waals surface area contributed by atoms with Crippen LogP contribution in [-0.2, 0) is 0 Å². The Morgan fingerprint density at radius 3 is 2.76 bits per heavy atom. The number of aromatic nitrogens is 3. The first-order valence-corrected chi connectivity index (χ1v) is 6.62. The van der Waals surface area contributed by atoms with Gasteiger partial charge in [0.1, 0.15) is 0 Å². The highest BCUT2D eigenvalue weighted by Crippen LogP contribution is 2.25. The molecule has 6 heteroatoms. The van der Waals surface area contributed by atoms with Gasteiger partial charge in [-0.2, -0.15) is 0 Å². The molecule has 0 saturated carbocycles. The topological polar surface area (TPSA) is 60.0 Å². The van der Waals surface area contributed by atoms with Crippen LogP contribution in [0.2, 0.25) is 0 Å². The first-order chi connectivity index (χ1) is 8.33. The summed E-state index contributed by atoms with van der Waals surface area (Å²) in [6, 6.07) is 4.23. The van der Waals surface area contributed by atoms with E-state index in [-0.39, 0.29) is 6.04 Å². The minimum absolute atomic E-state index is 0.266. The summed E-state index contributed by atoms with van der Waals surface area (Å²) in [5, 5.41) is 10.3. The highest BCUT2D eigenvalue weighted by molar-refractivity contribution is 7.17. The van der Waals surface area contributed by atoms with Gasteiger partial charge in [-0.1, -0.05) is 11.3 Å². The molecule has 1 saturated heterocycles. The fourth-order valence-corrected chi connectivity index (χ4v) is 2.93. The normalized spacial score (nSPS) is 20.8. The van der Waals surface area contributed by atoms with E-state index in [1.807, 2.05) is 29.1 Å². The van der Waals surface area contributed by atoms with E-state index in [2.05, 4.69) is 15.1 Å². The van der Waals surface area contributed by atoms with Gasteiger partial charge in [-0.15, -0.1) is 10.2 Å². The molecule has 2 aromatic rings. The summed E-state index contributed by atoms with van der Waals surface area (Å²) >= 11 is 1.61. The summed E-state index contributed by atoms with van der Waals surface area (Å²) in [4.78, 5) is 2.23. The Morgan fingerprint density at radius 2 is 2.00 bits per heavy atom. The lowest BCUT2D eigenvalue weighted by Crippen LogP contribution is -2.42. The van der Waals surface area contributed by atoms with Crippen molar-refractivity contribution in [2.75, 3.05) is 18.0 Å². The van der Waals surface area contributed by atoms with Crippen molar-refractivity contribution in [2.24, 2.45) is 5.73 Å². The molecule has 17 heavy (non-hydrogen) atoms. The van der Waals surface area contributed by atoms with Crippen molar-refractivity contribution in [3.05, 3.63) is 24.5 Å². The largest absolute Gasteiger partial charge is 0.345 e. The van der Waals surface area contributed by atoms with Gasteiger partial charge >= 0.3 is 0 Å². The van der Waals surface area contributed by atoms with E-state index in [0.717, 1.165) is 36.2 Å². The summed E-state index contributed by atoms with van der Waals surface area (Å²) in [6.45, 7) is 1.92. The van der Waals surface area contributed by atoms with Crippen molar-refractivity contribution >= 4 is 16.5 Å². The fourth-order valence-electron chi connectivity index (χ4n) is 2.09. The summed E-state index contributed by atoms with van der Waals surface area (Å²) < 4.78 is 1.98. The van der Waals surface area contributed by atoms with Crippen LogP contribution < -0.4 is 10.6 Å². The first-order valence-electron chi connectivity index (χ1n) is 5.80. The molecule has 0 aromatic carbocycles. The van der Waals surface area contributed by atoms with Gasteiger partial charge in [0.15, 0.2) is 0 Å². The maximum absolute atomic E-state index is 5.97. The molecule has 90 valence electrons. The Bertz CT molecular complexity index is 478. The molecule has 1 fully saturated rings. The van der Waals surface area contributed by atoms with Crippen molar-refractivity contribution in [2.45, 2.75) is 18.9 Å². The monoisotopic (exact) mass is 249 g/mol. The Balaban J connectivity index is 1.80. The van der Waals surface area contributed by atoms with Crippen LogP contribution in [-0.4, -0.2) is 33.9 Å². The number of piperidine rings is 1. The van der Waals surface area contributed by atoms with Crippen LogP contribution in [0.25, 0.3) is 5.13 Å². The fraction of sp³-hybridized carbons (Fsp3) is 0.455. The lowest BCUT2D eigenvalue weighted by molar-refractivity contribution is 0.505. The van der Waals surface area contributed by atoms with E-state index in [4.69, 9.17) is 5.73 Å². The summed E-state index contributed by atoms with van der Waals surface area (Å²) in [6.07, 6.45) is 6.21. The molecule has 5 nitrogen and oxygen atoms in total. The molecule has 3 rings (SSSR count). The van der Waals surface area contributed by atoms with Gasteiger partial charge in [0.05, 0.1) is 0 Å². The van der Waals surface area contributed by atoms with E-state index in [0.29, 0.717) is 0 Å². The van der Waals surface area contributed by atoms with Gasteiger partial charge < -0.3 is 10.6 Å². The third kappa shape index (κ3) is 2.18. The zero-order valence-electron chi connectivity index (χ0n) is 9.49. The maximum Gasteiger partial charge on any atom is 0.218 e. The molecule has 2 N–H and O–H groups in total. The Labute approximate surface area is 104 Å². The van der Waals surface area contributed by atoms with Crippen molar-refractivity contribution < 1.29 is 0 Å². The van der Waals surface area contributed by atoms with Crippen LogP contribution in [0.1, 0.15) is 12.8 Å². The van der Waals surface area contributed by atoms with Crippen LogP contribution in [0, 0.1) is 0 Å². The zero-order chi connectivity index (χ0) is 11.7. The Kier molecular flexibility index (Phi) is 2.82.